The molecule has 1 heterocycles. The minimum Gasteiger partial charge on any atom is -0.376 e. The first kappa shape index (κ1) is 12.7. The van der Waals surface area contributed by atoms with Gasteiger partial charge in [0.25, 0.3) is 11.4 Å². The number of fused-ring (bicyclic) bond motifs is 2. The molecule has 1 aliphatic carbocycles. The summed E-state index contributed by atoms with van der Waals surface area (Å²) >= 11 is 1.39. The third-order valence-corrected chi connectivity index (χ3v) is 4.43. The quantitative estimate of drug-likeness (QED) is 0.664. The van der Waals surface area contributed by atoms with Crippen molar-refractivity contribution in [1.82, 2.24) is 0 Å². The number of nitrogens with one attached hydrogen (secondary N) is 1. The zero-order chi connectivity index (χ0) is 14.3. The Bertz CT molecular complexity index is 671. The van der Waals surface area contributed by atoms with Crippen molar-refractivity contribution in [3.05, 3.63) is 62.4 Å². The fourth-order valence-electron chi connectivity index (χ4n) is 2.17. The lowest BCUT2D eigenvalue weighted by atomic mass is 10.1. The minimum atomic E-state index is -0.452. The molecule has 1 aromatic rings. The van der Waals surface area contributed by atoms with Crippen molar-refractivity contribution in [2.75, 3.05) is 5.32 Å². The average Bonchev–Trinajstić information content (AvgIpc) is 2.43. The van der Waals surface area contributed by atoms with Gasteiger partial charge in [0.1, 0.15) is 0 Å². The van der Waals surface area contributed by atoms with E-state index in [1.165, 1.54) is 30.0 Å². The summed E-state index contributed by atoms with van der Waals surface area (Å²) in [6.07, 6.45) is 4.80. The zero-order valence-corrected chi connectivity index (χ0v) is 10.9. The molecule has 3 rings (SSSR count). The van der Waals surface area contributed by atoms with Crippen LogP contribution in [0.25, 0.3) is 0 Å². The number of rotatable bonds is 2. The van der Waals surface area contributed by atoms with Crippen LogP contribution in [0.5, 0.6) is 0 Å². The molecule has 2 atom stereocenters. The van der Waals surface area contributed by atoms with E-state index in [1.54, 1.807) is 18.2 Å². The van der Waals surface area contributed by atoms with Gasteiger partial charge < -0.3 is 5.32 Å². The SMILES string of the molecule is O=[N+]([O-])C1=CC2Sc3cc([N+](=O)[O-])ccc3NC2C=C1. The summed E-state index contributed by atoms with van der Waals surface area (Å²) in [7, 11) is 0. The van der Waals surface area contributed by atoms with Crippen molar-refractivity contribution in [3.63, 3.8) is 0 Å². The van der Waals surface area contributed by atoms with Gasteiger partial charge in [0.05, 0.1) is 21.1 Å². The first-order valence-electron chi connectivity index (χ1n) is 5.80. The fourth-order valence-corrected chi connectivity index (χ4v) is 3.41. The third-order valence-electron chi connectivity index (χ3n) is 3.14. The summed E-state index contributed by atoms with van der Waals surface area (Å²) in [6.45, 7) is 0. The molecule has 20 heavy (non-hydrogen) atoms. The molecule has 0 saturated heterocycles. The van der Waals surface area contributed by atoms with E-state index in [0.717, 1.165) is 10.6 Å². The topological polar surface area (TPSA) is 98.3 Å². The van der Waals surface area contributed by atoms with Gasteiger partial charge in [0.2, 0.25) is 0 Å². The lowest BCUT2D eigenvalue weighted by Crippen LogP contribution is -2.34. The van der Waals surface area contributed by atoms with Crippen LogP contribution in [0.2, 0.25) is 0 Å². The predicted octanol–water partition coefficient (Wildman–Crippen LogP) is 2.58. The fraction of sp³-hybridized carbons (Fsp3) is 0.167. The van der Waals surface area contributed by atoms with E-state index in [9.17, 15) is 20.2 Å². The second-order valence-corrected chi connectivity index (χ2v) is 5.62. The van der Waals surface area contributed by atoms with Gasteiger partial charge in [-0.15, -0.1) is 11.8 Å². The Morgan fingerprint density at radius 2 is 2.00 bits per heavy atom. The van der Waals surface area contributed by atoms with Gasteiger partial charge in [-0.3, -0.25) is 20.2 Å². The lowest BCUT2D eigenvalue weighted by Gasteiger charge is -2.31. The van der Waals surface area contributed by atoms with Gasteiger partial charge >= 0.3 is 0 Å². The predicted molar refractivity (Wildman–Crippen MR) is 74.4 cm³/mol. The number of anilines is 1. The largest absolute Gasteiger partial charge is 0.376 e. The molecular formula is C12H9N3O4S. The van der Waals surface area contributed by atoms with Crippen LogP contribution in [-0.4, -0.2) is 21.1 Å². The number of non-ortho nitro benzene ring substituents is 1. The molecule has 0 fully saturated rings. The van der Waals surface area contributed by atoms with Crippen LogP contribution in [0.15, 0.2) is 47.0 Å². The van der Waals surface area contributed by atoms with E-state index in [1.807, 2.05) is 0 Å². The summed E-state index contributed by atoms with van der Waals surface area (Å²) in [4.78, 5) is 21.4. The molecule has 8 heteroatoms. The van der Waals surface area contributed by atoms with Crippen LogP contribution in [-0.2, 0) is 0 Å². The van der Waals surface area contributed by atoms with E-state index in [4.69, 9.17) is 0 Å². The van der Waals surface area contributed by atoms with Crippen LogP contribution >= 0.6 is 11.8 Å². The number of nitro groups is 2. The molecule has 1 aliphatic heterocycles. The number of hydrogen-bond acceptors (Lipinski definition) is 6. The van der Waals surface area contributed by atoms with Gasteiger partial charge in [0.15, 0.2) is 0 Å². The van der Waals surface area contributed by atoms with E-state index in [-0.39, 0.29) is 22.7 Å². The lowest BCUT2D eigenvalue weighted by molar-refractivity contribution is -0.419. The van der Waals surface area contributed by atoms with Gasteiger partial charge in [-0.25, -0.2) is 0 Å². The molecule has 0 bridgehead atoms. The molecule has 0 amide bonds. The Kier molecular flexibility index (Phi) is 2.94. The summed E-state index contributed by atoms with van der Waals surface area (Å²) in [5, 5.41) is 24.6. The summed E-state index contributed by atoms with van der Waals surface area (Å²) in [6, 6.07) is 4.55. The van der Waals surface area contributed by atoms with Gasteiger partial charge in [0, 0.05) is 34.9 Å². The molecule has 102 valence electrons. The maximum atomic E-state index is 10.8. The number of thioether (sulfide) groups is 1. The highest BCUT2D eigenvalue weighted by Crippen LogP contribution is 2.42. The second-order valence-electron chi connectivity index (χ2n) is 4.40. The van der Waals surface area contributed by atoms with Crippen molar-refractivity contribution in [2.24, 2.45) is 0 Å². The number of benzene rings is 1. The Morgan fingerprint density at radius 3 is 2.70 bits per heavy atom. The van der Waals surface area contributed by atoms with Crippen LogP contribution in [0.1, 0.15) is 0 Å². The number of allylic oxidation sites excluding steroid dienone is 1. The molecule has 0 saturated carbocycles. The molecule has 1 N–H and O–H groups in total. The van der Waals surface area contributed by atoms with Crippen molar-refractivity contribution in [1.29, 1.82) is 0 Å². The van der Waals surface area contributed by atoms with Gasteiger partial charge in [-0.1, -0.05) is 6.08 Å². The summed E-state index contributed by atoms with van der Waals surface area (Å²) in [5.74, 6) is 0. The summed E-state index contributed by atoms with van der Waals surface area (Å²) < 4.78 is 0. The Morgan fingerprint density at radius 1 is 1.20 bits per heavy atom. The molecule has 7 nitrogen and oxygen atoms in total. The first-order valence-corrected chi connectivity index (χ1v) is 6.68. The third kappa shape index (κ3) is 2.14. The highest BCUT2D eigenvalue weighted by Gasteiger charge is 2.31. The van der Waals surface area contributed by atoms with Crippen LogP contribution in [0.4, 0.5) is 11.4 Å². The average molecular weight is 291 g/mol. The number of nitro benzene ring substituents is 1. The molecular weight excluding hydrogens is 282 g/mol. The maximum absolute atomic E-state index is 10.8. The monoisotopic (exact) mass is 291 g/mol. The maximum Gasteiger partial charge on any atom is 0.270 e. The van der Waals surface area contributed by atoms with E-state index in [2.05, 4.69) is 5.32 Å². The van der Waals surface area contributed by atoms with Crippen LogP contribution in [0.3, 0.4) is 0 Å². The van der Waals surface area contributed by atoms with Gasteiger partial charge in [-0.05, 0) is 6.07 Å². The molecule has 2 unspecified atom stereocenters. The molecule has 0 radical (unpaired) electrons. The highest BCUT2D eigenvalue weighted by atomic mass is 32.2. The van der Waals surface area contributed by atoms with Crippen molar-refractivity contribution in [3.8, 4) is 0 Å². The second kappa shape index (κ2) is 4.64. The Hall–Kier alpha value is -2.35. The Balaban J connectivity index is 1.94. The molecule has 2 aliphatic rings. The number of nitrogens with zero attached hydrogens (tertiary/aromatic N) is 2. The van der Waals surface area contributed by atoms with E-state index in [0.29, 0.717) is 0 Å². The normalized spacial score (nSPS) is 23.1. The standard InChI is InChI=1S/C12H9N3O4S/c16-14(17)7-1-3-9-11(5-7)20-12-6-8(15(18)19)2-4-10(12)13-9/h1-6,9,11,13H. The first-order chi connectivity index (χ1) is 9.54. The van der Waals surface area contributed by atoms with Crippen LogP contribution < -0.4 is 5.32 Å². The molecule has 1 aromatic carbocycles. The highest BCUT2D eigenvalue weighted by molar-refractivity contribution is 8.00. The van der Waals surface area contributed by atoms with Crippen molar-refractivity contribution in [2.45, 2.75) is 16.2 Å². The Labute approximate surface area is 117 Å². The molecule has 0 spiro atoms. The molecule has 0 aromatic heterocycles. The zero-order valence-electron chi connectivity index (χ0n) is 10.1. The van der Waals surface area contributed by atoms with E-state index < -0.39 is 9.85 Å². The van der Waals surface area contributed by atoms with Gasteiger partial charge in [-0.2, -0.15) is 0 Å². The van der Waals surface area contributed by atoms with Crippen LogP contribution in [0, 0.1) is 20.2 Å². The smallest absolute Gasteiger partial charge is 0.270 e. The number of hydrogen-bond donors (Lipinski definition) is 1. The summed E-state index contributed by atoms with van der Waals surface area (Å²) in [5.41, 5.74) is 0.875. The van der Waals surface area contributed by atoms with Crippen molar-refractivity contribution < 1.29 is 9.85 Å². The van der Waals surface area contributed by atoms with Crippen molar-refractivity contribution >= 4 is 23.1 Å². The minimum absolute atomic E-state index is 0.0151. The van der Waals surface area contributed by atoms with E-state index >= 15 is 0 Å².